The molecular formula is C7H13NO5S. The number of carbonyl (C=O) groups is 1. The molecule has 1 fully saturated rings. The first-order valence-corrected chi connectivity index (χ1v) is 6.14. The number of aliphatic carboxylic acids is 1. The van der Waals surface area contributed by atoms with Crippen molar-refractivity contribution in [3.8, 4) is 0 Å². The van der Waals surface area contributed by atoms with Gasteiger partial charge in [0.15, 0.2) is 9.84 Å². The lowest BCUT2D eigenvalue weighted by Crippen LogP contribution is -2.93. The summed E-state index contributed by atoms with van der Waals surface area (Å²) in [6.45, 7) is 0.236. The van der Waals surface area contributed by atoms with Crippen LogP contribution in [0, 0.1) is 0 Å². The lowest BCUT2D eigenvalue weighted by atomic mass is 10.2. The number of carboxylic acids is 1. The van der Waals surface area contributed by atoms with Gasteiger partial charge in [0.2, 0.25) is 0 Å². The highest BCUT2D eigenvalue weighted by atomic mass is 32.2. The monoisotopic (exact) mass is 223 g/mol. The average Bonchev–Trinajstić information content (AvgIpc) is 2.24. The van der Waals surface area contributed by atoms with E-state index in [1.165, 1.54) is 0 Å². The van der Waals surface area contributed by atoms with Crippen LogP contribution in [0.3, 0.4) is 0 Å². The Kier molecular flexibility index (Phi) is 3.46. The Morgan fingerprint density at radius 2 is 2.14 bits per heavy atom. The largest absolute Gasteiger partial charge is 0.550 e. The van der Waals surface area contributed by atoms with Gasteiger partial charge in [0.05, 0.1) is 12.3 Å². The van der Waals surface area contributed by atoms with E-state index >= 15 is 0 Å². The highest BCUT2D eigenvalue weighted by Gasteiger charge is 2.38. The van der Waals surface area contributed by atoms with Gasteiger partial charge in [0, 0.05) is 12.4 Å². The fourth-order valence-corrected chi connectivity index (χ4v) is 3.34. The maximum absolute atomic E-state index is 11.0. The molecule has 0 aromatic heterocycles. The summed E-state index contributed by atoms with van der Waals surface area (Å²) in [5.74, 6) is -1.47. The fraction of sp³-hybridized carbons (Fsp3) is 0.857. The molecule has 0 spiro atoms. The number of hydrogen-bond donors (Lipinski definition) is 2. The molecule has 0 saturated carbocycles. The van der Waals surface area contributed by atoms with Gasteiger partial charge in [-0.2, -0.15) is 0 Å². The van der Waals surface area contributed by atoms with Crippen LogP contribution in [-0.4, -0.2) is 49.7 Å². The first-order chi connectivity index (χ1) is 6.41. The second kappa shape index (κ2) is 4.24. The zero-order chi connectivity index (χ0) is 10.8. The molecule has 82 valence electrons. The molecule has 1 aliphatic heterocycles. The van der Waals surface area contributed by atoms with Crippen LogP contribution < -0.4 is 10.4 Å². The van der Waals surface area contributed by atoms with Crippen molar-refractivity contribution in [1.29, 1.82) is 0 Å². The van der Waals surface area contributed by atoms with Crippen molar-refractivity contribution >= 4 is 15.8 Å². The van der Waals surface area contributed by atoms with Gasteiger partial charge in [-0.15, -0.1) is 0 Å². The van der Waals surface area contributed by atoms with E-state index in [0.717, 1.165) is 0 Å². The van der Waals surface area contributed by atoms with Crippen LogP contribution in [0.2, 0.25) is 0 Å². The zero-order valence-electron chi connectivity index (χ0n) is 7.55. The number of nitrogens with two attached hydrogens (primary N) is 1. The summed E-state index contributed by atoms with van der Waals surface area (Å²) in [6, 6.07) is -0.431. The number of carboxylic acid groups (broad SMARTS) is 1. The minimum absolute atomic E-state index is 0.0821. The molecule has 1 saturated heterocycles. The number of aliphatic hydroxyl groups is 1. The van der Waals surface area contributed by atoms with E-state index in [1.54, 1.807) is 5.32 Å². The summed E-state index contributed by atoms with van der Waals surface area (Å²) >= 11 is 0. The minimum Gasteiger partial charge on any atom is -0.550 e. The molecule has 14 heavy (non-hydrogen) atoms. The molecule has 0 unspecified atom stereocenters. The molecule has 3 N–H and O–H groups in total. The van der Waals surface area contributed by atoms with Crippen LogP contribution in [0.4, 0.5) is 0 Å². The molecule has 7 heteroatoms. The number of rotatable bonds is 4. The number of quaternary nitrogens is 1. The molecule has 1 aliphatic rings. The van der Waals surface area contributed by atoms with Gasteiger partial charge < -0.3 is 20.3 Å². The molecule has 0 bridgehead atoms. The molecule has 0 aliphatic carbocycles. The number of carbonyl (C=O) groups excluding carboxylic acids is 1. The second-order valence-electron chi connectivity index (χ2n) is 3.45. The second-order valence-corrected chi connectivity index (χ2v) is 5.61. The molecule has 0 amide bonds. The lowest BCUT2D eigenvalue weighted by Gasteiger charge is -2.11. The Morgan fingerprint density at radius 3 is 2.57 bits per heavy atom. The van der Waals surface area contributed by atoms with Crippen molar-refractivity contribution < 1.29 is 28.7 Å². The van der Waals surface area contributed by atoms with E-state index in [4.69, 9.17) is 0 Å². The van der Waals surface area contributed by atoms with Crippen molar-refractivity contribution in [3.05, 3.63) is 0 Å². The molecule has 6 nitrogen and oxygen atoms in total. The fourth-order valence-electron chi connectivity index (χ4n) is 1.50. The standard InChI is InChI=1S/C7H13NO5S/c9-6-4-14(12,13)3-5(6)8-2-1-7(10)11/h5-6,8-9H,1-4H2,(H,10,11)/t5-,6+/m0/s1. The summed E-state index contributed by atoms with van der Waals surface area (Å²) in [5, 5.41) is 20.9. The molecule has 0 aromatic rings. The highest BCUT2D eigenvalue weighted by molar-refractivity contribution is 7.91. The Labute approximate surface area is 81.8 Å². The van der Waals surface area contributed by atoms with Gasteiger partial charge in [-0.3, -0.25) is 0 Å². The summed E-state index contributed by atoms with van der Waals surface area (Å²) in [7, 11) is -3.14. The van der Waals surface area contributed by atoms with Gasteiger partial charge in [0.1, 0.15) is 17.9 Å². The lowest BCUT2D eigenvalue weighted by molar-refractivity contribution is -0.690. The van der Waals surface area contributed by atoms with Crippen LogP contribution in [0.15, 0.2) is 0 Å². The van der Waals surface area contributed by atoms with Gasteiger partial charge in [0.25, 0.3) is 0 Å². The van der Waals surface area contributed by atoms with Crippen LogP contribution in [0.5, 0.6) is 0 Å². The smallest absolute Gasteiger partial charge is 0.159 e. The number of aliphatic hydroxyl groups excluding tert-OH is 1. The molecule has 2 atom stereocenters. The number of hydrogen-bond acceptors (Lipinski definition) is 5. The minimum atomic E-state index is -3.14. The Morgan fingerprint density at radius 1 is 1.50 bits per heavy atom. The molecular weight excluding hydrogens is 210 g/mol. The van der Waals surface area contributed by atoms with E-state index in [1.807, 2.05) is 0 Å². The Hall–Kier alpha value is -0.660. The quantitative estimate of drug-likeness (QED) is 0.502. The van der Waals surface area contributed by atoms with Crippen molar-refractivity contribution in [2.45, 2.75) is 18.6 Å². The van der Waals surface area contributed by atoms with E-state index in [9.17, 15) is 23.4 Å². The highest BCUT2D eigenvalue weighted by Crippen LogP contribution is 2.08. The Balaban J connectivity index is 2.36. The maximum atomic E-state index is 11.0. The van der Waals surface area contributed by atoms with Crippen LogP contribution >= 0.6 is 0 Å². The summed E-state index contributed by atoms with van der Waals surface area (Å²) in [4.78, 5) is 10.1. The average molecular weight is 223 g/mol. The third kappa shape index (κ3) is 3.24. The van der Waals surface area contributed by atoms with Crippen LogP contribution in [0.25, 0.3) is 0 Å². The van der Waals surface area contributed by atoms with Gasteiger partial charge in [-0.1, -0.05) is 0 Å². The van der Waals surface area contributed by atoms with Crippen molar-refractivity contribution in [2.24, 2.45) is 0 Å². The van der Waals surface area contributed by atoms with Crippen LogP contribution in [0.1, 0.15) is 6.42 Å². The molecule has 1 rings (SSSR count). The summed E-state index contributed by atoms with van der Waals surface area (Å²) in [6.07, 6.45) is -1.02. The van der Waals surface area contributed by atoms with E-state index < -0.39 is 28.0 Å². The van der Waals surface area contributed by atoms with Crippen molar-refractivity contribution in [3.63, 3.8) is 0 Å². The molecule has 0 radical (unpaired) electrons. The van der Waals surface area contributed by atoms with Crippen molar-refractivity contribution in [2.75, 3.05) is 18.1 Å². The van der Waals surface area contributed by atoms with Gasteiger partial charge in [-0.05, 0) is 0 Å². The molecule has 1 heterocycles. The SMILES string of the molecule is O=C([O-])CC[NH2+][C@H]1CS(=O)(=O)C[C@H]1O. The molecule has 0 aromatic carbocycles. The van der Waals surface area contributed by atoms with Gasteiger partial charge in [-0.25, -0.2) is 8.42 Å². The van der Waals surface area contributed by atoms with E-state index in [2.05, 4.69) is 0 Å². The first-order valence-electron chi connectivity index (χ1n) is 4.32. The van der Waals surface area contributed by atoms with Gasteiger partial charge >= 0.3 is 0 Å². The van der Waals surface area contributed by atoms with E-state index in [0.29, 0.717) is 0 Å². The third-order valence-corrected chi connectivity index (χ3v) is 3.93. The topological polar surface area (TPSA) is 111 Å². The predicted molar refractivity (Wildman–Crippen MR) is 44.9 cm³/mol. The van der Waals surface area contributed by atoms with Crippen molar-refractivity contribution in [1.82, 2.24) is 0 Å². The predicted octanol–water partition coefficient (Wildman–Crippen LogP) is -4.15. The zero-order valence-corrected chi connectivity index (χ0v) is 8.37. The Bertz CT molecular complexity index is 312. The maximum Gasteiger partial charge on any atom is 0.159 e. The third-order valence-electron chi connectivity index (χ3n) is 2.18. The normalized spacial score (nSPS) is 30.4. The summed E-state index contributed by atoms with van der Waals surface area (Å²) in [5.41, 5.74) is 0. The first kappa shape index (κ1) is 11.4. The summed E-state index contributed by atoms with van der Waals surface area (Å²) < 4.78 is 22.1. The number of sulfone groups is 1. The van der Waals surface area contributed by atoms with Crippen LogP contribution in [-0.2, 0) is 14.6 Å². The van der Waals surface area contributed by atoms with E-state index in [-0.39, 0.29) is 24.5 Å².